The molecule has 0 fully saturated rings. The highest BCUT2D eigenvalue weighted by Gasteiger charge is 2.12. The van der Waals surface area contributed by atoms with Crippen LogP contribution in [-0.4, -0.2) is 28.6 Å². The lowest BCUT2D eigenvalue weighted by Crippen LogP contribution is -2.25. The predicted molar refractivity (Wildman–Crippen MR) is 71.5 cm³/mol. The molecule has 0 radical (unpaired) electrons. The lowest BCUT2D eigenvalue weighted by atomic mass is 10.1. The molecule has 0 heterocycles. The van der Waals surface area contributed by atoms with Crippen LogP contribution in [0.5, 0.6) is 5.75 Å². The molecule has 1 amide bonds. The SMILES string of the molecule is CC(CCCNC(=O)c1cc(O)ccc1Cl)C(=O)O. The first kappa shape index (κ1) is 15.3. The van der Waals surface area contributed by atoms with Crippen molar-refractivity contribution < 1.29 is 19.8 Å². The van der Waals surface area contributed by atoms with E-state index in [0.29, 0.717) is 19.4 Å². The first-order chi connectivity index (χ1) is 8.91. The van der Waals surface area contributed by atoms with Crippen molar-refractivity contribution in [3.63, 3.8) is 0 Å². The van der Waals surface area contributed by atoms with Crippen molar-refractivity contribution in [2.75, 3.05) is 6.54 Å². The maximum atomic E-state index is 11.8. The molecule has 0 aliphatic rings. The lowest BCUT2D eigenvalue weighted by molar-refractivity contribution is -0.141. The summed E-state index contributed by atoms with van der Waals surface area (Å²) in [4.78, 5) is 22.4. The minimum Gasteiger partial charge on any atom is -0.508 e. The Labute approximate surface area is 116 Å². The van der Waals surface area contributed by atoms with E-state index >= 15 is 0 Å². The first-order valence-electron chi connectivity index (χ1n) is 5.91. The normalized spacial score (nSPS) is 11.9. The number of nitrogens with one attached hydrogen (secondary N) is 1. The van der Waals surface area contributed by atoms with E-state index in [1.807, 2.05) is 0 Å². The Bertz CT molecular complexity index is 476. The molecule has 1 rings (SSSR count). The van der Waals surface area contributed by atoms with Gasteiger partial charge in [-0.3, -0.25) is 9.59 Å². The van der Waals surface area contributed by atoms with Gasteiger partial charge in [-0.05, 0) is 31.0 Å². The van der Waals surface area contributed by atoms with Crippen molar-refractivity contribution in [1.29, 1.82) is 0 Å². The number of rotatable bonds is 6. The Morgan fingerprint density at radius 1 is 1.42 bits per heavy atom. The zero-order valence-corrected chi connectivity index (χ0v) is 11.3. The average Bonchev–Trinajstić information content (AvgIpc) is 2.36. The Hall–Kier alpha value is -1.75. The first-order valence-corrected chi connectivity index (χ1v) is 6.29. The number of carbonyl (C=O) groups is 2. The van der Waals surface area contributed by atoms with Crippen LogP contribution < -0.4 is 5.32 Å². The zero-order valence-electron chi connectivity index (χ0n) is 10.5. The number of phenolic OH excluding ortho intramolecular Hbond substituents is 1. The molecule has 3 N–H and O–H groups in total. The number of phenols is 1. The Kier molecular flexibility index (Phi) is 5.63. The predicted octanol–water partition coefficient (Wildman–Crippen LogP) is 2.28. The zero-order chi connectivity index (χ0) is 14.4. The van der Waals surface area contributed by atoms with Crippen LogP contribution in [-0.2, 0) is 4.79 Å². The maximum Gasteiger partial charge on any atom is 0.306 e. The van der Waals surface area contributed by atoms with Gasteiger partial charge in [-0.1, -0.05) is 18.5 Å². The molecule has 0 bridgehead atoms. The van der Waals surface area contributed by atoms with Gasteiger partial charge in [0.25, 0.3) is 5.91 Å². The highest BCUT2D eigenvalue weighted by atomic mass is 35.5. The summed E-state index contributed by atoms with van der Waals surface area (Å²) in [5.74, 6) is -1.69. The van der Waals surface area contributed by atoms with Crippen molar-refractivity contribution in [1.82, 2.24) is 5.32 Å². The molecule has 0 saturated carbocycles. The second kappa shape index (κ2) is 6.99. The summed E-state index contributed by atoms with van der Waals surface area (Å²) in [5, 5.41) is 20.9. The second-order valence-corrected chi connectivity index (χ2v) is 4.71. The van der Waals surface area contributed by atoms with Crippen LogP contribution in [0.15, 0.2) is 18.2 Å². The molecule has 0 aliphatic heterocycles. The third-order valence-corrected chi connectivity index (χ3v) is 3.05. The van der Waals surface area contributed by atoms with E-state index in [0.717, 1.165) is 0 Å². The number of hydrogen-bond donors (Lipinski definition) is 3. The van der Waals surface area contributed by atoms with Crippen LogP contribution in [0, 0.1) is 5.92 Å². The van der Waals surface area contributed by atoms with Gasteiger partial charge >= 0.3 is 5.97 Å². The van der Waals surface area contributed by atoms with Crippen LogP contribution in [0.4, 0.5) is 0 Å². The summed E-state index contributed by atoms with van der Waals surface area (Å²) in [6.45, 7) is 1.98. The van der Waals surface area contributed by atoms with Crippen molar-refractivity contribution in [3.05, 3.63) is 28.8 Å². The molecule has 19 heavy (non-hydrogen) atoms. The monoisotopic (exact) mass is 285 g/mol. The number of halogens is 1. The topological polar surface area (TPSA) is 86.6 Å². The number of carboxylic acids is 1. The van der Waals surface area contributed by atoms with Gasteiger partial charge in [0.15, 0.2) is 0 Å². The molecule has 0 aromatic heterocycles. The highest BCUT2D eigenvalue weighted by molar-refractivity contribution is 6.33. The van der Waals surface area contributed by atoms with E-state index in [-0.39, 0.29) is 22.2 Å². The largest absolute Gasteiger partial charge is 0.508 e. The number of aromatic hydroxyl groups is 1. The minimum atomic E-state index is -0.845. The van der Waals surface area contributed by atoms with Crippen molar-refractivity contribution in [2.24, 2.45) is 5.92 Å². The number of amides is 1. The van der Waals surface area contributed by atoms with Crippen molar-refractivity contribution in [2.45, 2.75) is 19.8 Å². The van der Waals surface area contributed by atoms with Crippen molar-refractivity contribution >= 4 is 23.5 Å². The van der Waals surface area contributed by atoms with E-state index in [4.69, 9.17) is 16.7 Å². The smallest absolute Gasteiger partial charge is 0.306 e. The Morgan fingerprint density at radius 2 is 2.11 bits per heavy atom. The fourth-order valence-electron chi connectivity index (χ4n) is 1.52. The van der Waals surface area contributed by atoms with E-state index in [1.165, 1.54) is 18.2 Å². The van der Waals surface area contributed by atoms with Gasteiger partial charge in [0.1, 0.15) is 5.75 Å². The Morgan fingerprint density at radius 3 is 2.74 bits per heavy atom. The summed E-state index contributed by atoms with van der Waals surface area (Å²) >= 11 is 5.85. The molecule has 1 aromatic rings. The summed E-state index contributed by atoms with van der Waals surface area (Å²) in [6.07, 6.45) is 1.05. The number of carbonyl (C=O) groups excluding carboxylic acids is 1. The van der Waals surface area contributed by atoms with Crippen LogP contribution in [0.2, 0.25) is 5.02 Å². The fourth-order valence-corrected chi connectivity index (χ4v) is 1.72. The minimum absolute atomic E-state index is 0.0333. The third-order valence-electron chi connectivity index (χ3n) is 2.72. The van der Waals surface area contributed by atoms with Gasteiger partial charge in [-0.15, -0.1) is 0 Å². The number of carboxylic acid groups (broad SMARTS) is 1. The molecule has 5 nitrogen and oxygen atoms in total. The van der Waals surface area contributed by atoms with Gasteiger partial charge in [0, 0.05) is 6.54 Å². The van der Waals surface area contributed by atoms with Gasteiger partial charge in [0.2, 0.25) is 0 Å². The summed E-state index contributed by atoms with van der Waals surface area (Å²) < 4.78 is 0. The molecule has 0 spiro atoms. The molecular weight excluding hydrogens is 270 g/mol. The number of hydrogen-bond acceptors (Lipinski definition) is 3. The second-order valence-electron chi connectivity index (χ2n) is 4.30. The molecule has 104 valence electrons. The molecule has 1 unspecified atom stereocenters. The summed E-state index contributed by atoms with van der Waals surface area (Å²) in [5.41, 5.74) is 0.202. The van der Waals surface area contributed by atoms with Gasteiger partial charge in [-0.2, -0.15) is 0 Å². The molecular formula is C13H16ClNO4. The van der Waals surface area contributed by atoms with Crippen LogP contribution in [0.25, 0.3) is 0 Å². The van der Waals surface area contributed by atoms with E-state index in [2.05, 4.69) is 5.32 Å². The number of benzene rings is 1. The van der Waals surface area contributed by atoms with Crippen LogP contribution >= 0.6 is 11.6 Å². The van der Waals surface area contributed by atoms with Crippen LogP contribution in [0.3, 0.4) is 0 Å². The highest BCUT2D eigenvalue weighted by Crippen LogP contribution is 2.20. The van der Waals surface area contributed by atoms with E-state index < -0.39 is 11.9 Å². The molecule has 6 heteroatoms. The average molecular weight is 286 g/mol. The Balaban J connectivity index is 2.43. The van der Waals surface area contributed by atoms with Crippen LogP contribution in [0.1, 0.15) is 30.1 Å². The van der Waals surface area contributed by atoms with Gasteiger partial charge in [-0.25, -0.2) is 0 Å². The van der Waals surface area contributed by atoms with Gasteiger partial charge in [0.05, 0.1) is 16.5 Å². The molecule has 0 saturated heterocycles. The summed E-state index contributed by atoms with van der Waals surface area (Å²) in [6, 6.07) is 4.13. The summed E-state index contributed by atoms with van der Waals surface area (Å²) in [7, 11) is 0. The molecule has 0 aliphatic carbocycles. The maximum absolute atomic E-state index is 11.8. The van der Waals surface area contributed by atoms with Crippen molar-refractivity contribution in [3.8, 4) is 5.75 Å². The van der Waals surface area contributed by atoms with E-state index in [9.17, 15) is 14.7 Å². The molecule has 1 aromatic carbocycles. The fraction of sp³-hybridized carbons (Fsp3) is 0.385. The molecule has 1 atom stereocenters. The number of aliphatic carboxylic acids is 1. The standard InChI is InChI=1S/C13H16ClNO4/c1-8(13(18)19)3-2-6-15-12(17)10-7-9(16)4-5-11(10)14/h4-5,7-8,16H,2-3,6H2,1H3,(H,15,17)(H,18,19). The quantitative estimate of drug-likeness (QED) is 0.700. The van der Waals surface area contributed by atoms with Gasteiger partial charge < -0.3 is 15.5 Å². The third kappa shape index (κ3) is 4.79. The lowest BCUT2D eigenvalue weighted by Gasteiger charge is -2.08. The van der Waals surface area contributed by atoms with E-state index in [1.54, 1.807) is 6.92 Å².